The molecule has 0 saturated carbocycles. The van der Waals surface area contributed by atoms with Gasteiger partial charge < -0.3 is 40.6 Å². The number of nitrogens with two attached hydrogens (primary N) is 1. The first-order valence-electron chi connectivity index (χ1n) is 24.7. The fourth-order valence-corrected chi connectivity index (χ4v) is 7.84. The van der Waals surface area contributed by atoms with Crippen LogP contribution in [0.2, 0.25) is 0 Å². The molecule has 0 spiro atoms. The van der Waals surface area contributed by atoms with Crippen LogP contribution < -0.4 is 21.7 Å². The maximum Gasteiger partial charge on any atom is 0.306 e. The van der Waals surface area contributed by atoms with Gasteiger partial charge >= 0.3 is 11.9 Å². The summed E-state index contributed by atoms with van der Waals surface area (Å²) in [7, 11) is 1.57. The van der Waals surface area contributed by atoms with Crippen molar-refractivity contribution in [1.82, 2.24) is 16.0 Å². The third kappa shape index (κ3) is 40.4. The average molecular weight is 901 g/mol. The number of hydrogen-bond acceptors (Lipinski definition) is 11. The SMILES string of the molecule is CCCCCCCCCCCCCCCC(=O)OC[C@H](CSC[C@H](N)C(=O)N[C@@H](C)C(=O)NCC(=O)NCCOCCOC)OC(=O)CCCCCCCCCCCCCCC. The van der Waals surface area contributed by atoms with Crippen LogP contribution in [0.5, 0.6) is 0 Å². The van der Waals surface area contributed by atoms with Crippen LogP contribution in [0.3, 0.4) is 0 Å². The molecule has 5 N–H and O–H groups in total. The van der Waals surface area contributed by atoms with E-state index in [1.807, 2.05) is 0 Å². The van der Waals surface area contributed by atoms with Crippen molar-refractivity contribution in [2.75, 3.05) is 58.1 Å². The highest BCUT2D eigenvalue weighted by molar-refractivity contribution is 7.99. The first-order chi connectivity index (χ1) is 30.1. The van der Waals surface area contributed by atoms with Crippen molar-refractivity contribution in [3.8, 4) is 0 Å². The number of carbonyl (C=O) groups excluding carboxylic acids is 5. The normalized spacial score (nSPS) is 12.7. The van der Waals surface area contributed by atoms with Crippen LogP contribution in [-0.4, -0.2) is 106 Å². The molecule has 14 heteroatoms. The number of ether oxygens (including phenoxy) is 4. The Kier molecular flexibility index (Phi) is 43.4. The molecular formula is C48H92N4O9S. The number of carbonyl (C=O) groups is 5. The van der Waals surface area contributed by atoms with E-state index in [0.29, 0.717) is 45.0 Å². The molecule has 0 aromatic rings. The van der Waals surface area contributed by atoms with E-state index in [1.165, 1.54) is 147 Å². The van der Waals surface area contributed by atoms with E-state index >= 15 is 0 Å². The summed E-state index contributed by atoms with van der Waals surface area (Å²) in [4.78, 5) is 62.8. The highest BCUT2D eigenvalue weighted by Crippen LogP contribution is 2.16. The maximum absolute atomic E-state index is 12.9. The minimum atomic E-state index is -0.947. The summed E-state index contributed by atoms with van der Waals surface area (Å²) >= 11 is 1.32. The molecule has 3 atom stereocenters. The molecule has 0 aliphatic rings. The molecule has 0 aromatic carbocycles. The van der Waals surface area contributed by atoms with Gasteiger partial charge in [-0.15, -0.1) is 0 Å². The third-order valence-electron chi connectivity index (χ3n) is 10.8. The molecule has 0 saturated heterocycles. The lowest BCUT2D eigenvalue weighted by molar-refractivity contribution is -0.157. The van der Waals surface area contributed by atoms with Crippen LogP contribution in [-0.2, 0) is 42.9 Å². The van der Waals surface area contributed by atoms with Gasteiger partial charge in [0.1, 0.15) is 18.8 Å². The van der Waals surface area contributed by atoms with Gasteiger partial charge in [0.2, 0.25) is 17.7 Å². The van der Waals surface area contributed by atoms with Crippen LogP contribution in [0.25, 0.3) is 0 Å². The molecule has 364 valence electrons. The summed E-state index contributed by atoms with van der Waals surface area (Å²) in [6, 6.07) is -1.87. The second-order valence-corrected chi connectivity index (χ2v) is 17.9. The van der Waals surface area contributed by atoms with E-state index in [1.54, 1.807) is 7.11 Å². The number of methoxy groups -OCH3 is 1. The third-order valence-corrected chi connectivity index (χ3v) is 12.0. The van der Waals surface area contributed by atoms with Gasteiger partial charge in [-0.25, -0.2) is 0 Å². The lowest BCUT2D eigenvalue weighted by atomic mass is 10.0. The Balaban J connectivity index is 4.65. The van der Waals surface area contributed by atoms with Gasteiger partial charge in [-0.1, -0.05) is 168 Å². The second-order valence-electron chi connectivity index (χ2n) is 16.8. The Morgan fingerprint density at radius 1 is 0.565 bits per heavy atom. The van der Waals surface area contributed by atoms with E-state index in [4.69, 9.17) is 24.7 Å². The molecule has 0 unspecified atom stereocenters. The highest BCUT2D eigenvalue weighted by atomic mass is 32.2. The fourth-order valence-electron chi connectivity index (χ4n) is 6.87. The standard InChI is InChI=1S/C48H92N4O9S/c1-5-7-9-11-13-15-17-19-21-23-25-27-29-31-45(54)60-38-42(61-46(55)32-30-28-26-24-22-20-18-16-14-12-10-8-6-2)39-62-40-43(49)48(57)52-41(3)47(56)51-37-44(53)50-33-34-59-36-35-58-4/h41-43H,5-40,49H2,1-4H3,(H,50,53)(H,51,56)(H,52,57)/t41-,42+,43-/m0/s1. The smallest absolute Gasteiger partial charge is 0.306 e. The van der Waals surface area contributed by atoms with Crippen LogP contribution >= 0.6 is 11.8 Å². The van der Waals surface area contributed by atoms with Crippen molar-refractivity contribution >= 4 is 41.4 Å². The summed E-state index contributed by atoms with van der Waals surface area (Å²) in [5, 5.41) is 7.73. The Morgan fingerprint density at radius 3 is 1.52 bits per heavy atom. The van der Waals surface area contributed by atoms with Crippen molar-refractivity contribution in [2.45, 2.75) is 219 Å². The summed E-state index contributed by atoms with van der Waals surface area (Å²) in [6.07, 6.45) is 31.8. The number of unbranched alkanes of at least 4 members (excludes halogenated alkanes) is 24. The monoisotopic (exact) mass is 901 g/mol. The zero-order valence-corrected chi connectivity index (χ0v) is 40.7. The van der Waals surface area contributed by atoms with Gasteiger partial charge in [-0.3, -0.25) is 24.0 Å². The molecule has 0 aliphatic heterocycles. The minimum absolute atomic E-state index is 0.0539. The number of hydrogen-bond donors (Lipinski definition) is 4. The summed E-state index contributed by atoms with van der Waals surface area (Å²) < 4.78 is 21.5. The molecule has 0 radical (unpaired) electrons. The zero-order valence-electron chi connectivity index (χ0n) is 39.8. The van der Waals surface area contributed by atoms with Crippen molar-refractivity contribution in [2.24, 2.45) is 5.73 Å². The van der Waals surface area contributed by atoms with E-state index in [9.17, 15) is 24.0 Å². The summed E-state index contributed by atoms with van der Waals surface area (Å²) in [6.45, 7) is 7.19. The zero-order chi connectivity index (χ0) is 45.7. The molecule has 13 nitrogen and oxygen atoms in total. The number of thioether (sulfide) groups is 1. The van der Waals surface area contributed by atoms with Gasteiger partial charge in [-0.2, -0.15) is 11.8 Å². The second kappa shape index (κ2) is 45.2. The first-order valence-corrected chi connectivity index (χ1v) is 25.9. The molecule has 0 aromatic heterocycles. The first kappa shape index (κ1) is 59.6. The number of nitrogens with one attached hydrogen (secondary N) is 3. The average Bonchev–Trinajstić information content (AvgIpc) is 3.26. The Bertz CT molecular complexity index is 1100. The Morgan fingerprint density at radius 2 is 1.03 bits per heavy atom. The fraction of sp³-hybridized carbons (Fsp3) is 0.896. The van der Waals surface area contributed by atoms with Crippen molar-refractivity contribution in [3.05, 3.63) is 0 Å². The largest absolute Gasteiger partial charge is 0.462 e. The number of esters is 2. The van der Waals surface area contributed by atoms with Crippen molar-refractivity contribution in [3.63, 3.8) is 0 Å². The predicted octanol–water partition coefficient (Wildman–Crippen LogP) is 8.86. The van der Waals surface area contributed by atoms with Crippen molar-refractivity contribution in [1.29, 1.82) is 0 Å². The van der Waals surface area contributed by atoms with Crippen LogP contribution in [0.4, 0.5) is 0 Å². The predicted molar refractivity (Wildman–Crippen MR) is 253 cm³/mol. The number of amides is 3. The van der Waals surface area contributed by atoms with Gasteiger partial charge in [0.25, 0.3) is 0 Å². The summed E-state index contributed by atoms with van der Waals surface area (Å²) in [5.74, 6) is -1.58. The Labute approximate surface area is 381 Å². The van der Waals surface area contributed by atoms with E-state index < -0.39 is 30.0 Å². The van der Waals surface area contributed by atoms with E-state index in [-0.39, 0.29) is 36.8 Å². The number of rotatable bonds is 46. The molecular weight excluding hydrogens is 809 g/mol. The molecule has 0 bridgehead atoms. The molecule has 0 heterocycles. The van der Waals surface area contributed by atoms with E-state index in [2.05, 4.69) is 29.8 Å². The highest BCUT2D eigenvalue weighted by Gasteiger charge is 2.23. The lowest BCUT2D eigenvalue weighted by Crippen LogP contribution is -2.52. The molecule has 0 aliphatic carbocycles. The lowest BCUT2D eigenvalue weighted by Gasteiger charge is -2.20. The molecule has 3 amide bonds. The van der Waals surface area contributed by atoms with Gasteiger partial charge in [-0.05, 0) is 19.8 Å². The Hall–Kier alpha value is -2.42. The topological polar surface area (TPSA) is 184 Å². The van der Waals surface area contributed by atoms with Crippen LogP contribution in [0, 0.1) is 0 Å². The molecule has 0 rings (SSSR count). The quantitative estimate of drug-likeness (QED) is 0.0338. The summed E-state index contributed by atoms with van der Waals surface area (Å²) in [5.41, 5.74) is 6.16. The van der Waals surface area contributed by atoms with Gasteiger partial charge in [0, 0.05) is 38.0 Å². The van der Waals surface area contributed by atoms with Crippen LogP contribution in [0.15, 0.2) is 0 Å². The van der Waals surface area contributed by atoms with Gasteiger partial charge in [0.05, 0.1) is 32.4 Å². The van der Waals surface area contributed by atoms with E-state index in [0.717, 1.165) is 38.5 Å². The maximum atomic E-state index is 12.9. The minimum Gasteiger partial charge on any atom is -0.462 e. The molecule has 0 fully saturated rings. The van der Waals surface area contributed by atoms with Crippen LogP contribution in [0.1, 0.15) is 201 Å². The van der Waals surface area contributed by atoms with Crippen molar-refractivity contribution < 1.29 is 42.9 Å². The molecule has 62 heavy (non-hydrogen) atoms. The van der Waals surface area contributed by atoms with Gasteiger partial charge in [0.15, 0.2) is 0 Å².